The number of carboxylic acid groups (broad SMARTS) is 1. The fraction of sp³-hybridized carbons (Fsp3) is 0.211. The third kappa shape index (κ3) is 3.11. The molecule has 1 N–H and O–H groups in total. The Balaban J connectivity index is 2.16. The van der Waals surface area contributed by atoms with E-state index in [0.29, 0.717) is 17.6 Å². The first-order valence-electron chi connectivity index (χ1n) is 7.99. The van der Waals surface area contributed by atoms with Gasteiger partial charge < -0.3 is 19.3 Å². The number of methoxy groups -OCH3 is 1. The van der Waals surface area contributed by atoms with Gasteiger partial charge in [0.2, 0.25) is 5.82 Å². The quantitative estimate of drug-likeness (QED) is 0.762. The number of para-hydroxylation sites is 1. The zero-order valence-electron chi connectivity index (χ0n) is 14.8. The number of carbonyl (C=O) groups excluding carboxylic acids is 1. The van der Waals surface area contributed by atoms with E-state index >= 15 is 0 Å². The molecule has 0 fully saturated rings. The van der Waals surface area contributed by atoms with E-state index in [4.69, 9.17) is 4.74 Å². The van der Waals surface area contributed by atoms with E-state index in [1.54, 1.807) is 37.9 Å². The van der Waals surface area contributed by atoms with Gasteiger partial charge in [0.25, 0.3) is 5.91 Å². The lowest BCUT2D eigenvalue weighted by Crippen LogP contribution is -2.25. The molecule has 0 aliphatic rings. The van der Waals surface area contributed by atoms with Gasteiger partial charge >= 0.3 is 5.97 Å². The number of fused-ring (bicyclic) bond motifs is 1. The van der Waals surface area contributed by atoms with Crippen molar-refractivity contribution in [3.63, 3.8) is 0 Å². The van der Waals surface area contributed by atoms with Gasteiger partial charge in [0.1, 0.15) is 11.3 Å². The molecule has 0 bridgehead atoms. The van der Waals surface area contributed by atoms with E-state index in [2.05, 4.69) is 4.98 Å². The van der Waals surface area contributed by atoms with Crippen molar-refractivity contribution in [2.45, 2.75) is 6.54 Å². The Morgan fingerprint density at radius 1 is 1.15 bits per heavy atom. The van der Waals surface area contributed by atoms with Crippen LogP contribution in [0.1, 0.15) is 26.5 Å². The molecule has 7 heteroatoms. The second kappa shape index (κ2) is 6.87. The average Bonchev–Trinajstić information content (AvgIpc) is 2.99. The number of imidazole rings is 1. The molecule has 0 atom stereocenters. The summed E-state index contributed by atoms with van der Waals surface area (Å²) in [6.45, 7) is 0.387. The van der Waals surface area contributed by atoms with E-state index in [-0.39, 0.29) is 17.3 Å². The van der Waals surface area contributed by atoms with Crippen LogP contribution in [0.2, 0.25) is 0 Å². The molecule has 1 heterocycles. The minimum atomic E-state index is -1.08. The van der Waals surface area contributed by atoms with Crippen molar-refractivity contribution in [3.05, 3.63) is 59.4 Å². The van der Waals surface area contributed by atoms with Gasteiger partial charge in [-0.1, -0.05) is 18.2 Å². The van der Waals surface area contributed by atoms with Crippen molar-refractivity contribution in [1.29, 1.82) is 0 Å². The summed E-state index contributed by atoms with van der Waals surface area (Å²) in [6, 6.07) is 12.4. The highest BCUT2D eigenvalue weighted by Gasteiger charge is 2.22. The lowest BCUT2D eigenvalue weighted by molar-refractivity contribution is 0.0698. The topological polar surface area (TPSA) is 84.7 Å². The van der Waals surface area contributed by atoms with Gasteiger partial charge in [-0.25, -0.2) is 9.78 Å². The summed E-state index contributed by atoms with van der Waals surface area (Å²) >= 11 is 0. The van der Waals surface area contributed by atoms with Crippen molar-refractivity contribution < 1.29 is 19.4 Å². The minimum Gasteiger partial charge on any atom is -0.497 e. The number of carbonyl (C=O) groups is 2. The number of hydrogen-bond donors (Lipinski definition) is 1. The van der Waals surface area contributed by atoms with Crippen molar-refractivity contribution in [2.24, 2.45) is 0 Å². The summed E-state index contributed by atoms with van der Waals surface area (Å²) < 4.78 is 6.91. The maximum absolute atomic E-state index is 12.6. The molecule has 0 saturated heterocycles. The van der Waals surface area contributed by atoms with Gasteiger partial charge in [-0.15, -0.1) is 0 Å². The second-order valence-corrected chi connectivity index (χ2v) is 6.05. The smallest absolute Gasteiger partial charge is 0.337 e. The van der Waals surface area contributed by atoms with Crippen LogP contribution < -0.4 is 4.74 Å². The van der Waals surface area contributed by atoms with Crippen molar-refractivity contribution in [3.8, 4) is 5.75 Å². The SMILES string of the molecule is COc1ccc(Cn2c(C(=O)N(C)C)nc3c(C(=O)O)cccc32)cc1. The van der Waals surface area contributed by atoms with Crippen molar-refractivity contribution in [2.75, 3.05) is 21.2 Å². The van der Waals surface area contributed by atoms with Gasteiger partial charge in [0.05, 0.1) is 18.2 Å². The Morgan fingerprint density at radius 2 is 1.85 bits per heavy atom. The number of benzene rings is 2. The van der Waals surface area contributed by atoms with Gasteiger partial charge in [-0.05, 0) is 29.8 Å². The predicted molar refractivity (Wildman–Crippen MR) is 96.8 cm³/mol. The maximum Gasteiger partial charge on any atom is 0.337 e. The van der Waals surface area contributed by atoms with Gasteiger partial charge in [0.15, 0.2) is 0 Å². The molecule has 3 rings (SSSR count). The maximum atomic E-state index is 12.6. The molecular formula is C19H19N3O4. The summed E-state index contributed by atoms with van der Waals surface area (Å²) in [4.78, 5) is 29.9. The largest absolute Gasteiger partial charge is 0.497 e. The average molecular weight is 353 g/mol. The third-order valence-corrected chi connectivity index (χ3v) is 4.11. The predicted octanol–water partition coefficient (Wildman–Crippen LogP) is 2.49. The van der Waals surface area contributed by atoms with Crippen LogP contribution in [-0.2, 0) is 6.54 Å². The molecule has 0 spiro atoms. The van der Waals surface area contributed by atoms with Crippen LogP contribution in [0.4, 0.5) is 0 Å². The summed E-state index contributed by atoms with van der Waals surface area (Å²) in [7, 11) is 4.87. The van der Waals surface area contributed by atoms with Crippen LogP contribution in [-0.4, -0.2) is 52.6 Å². The molecule has 1 aromatic heterocycles. The number of aromatic nitrogens is 2. The lowest BCUT2D eigenvalue weighted by atomic mass is 10.1. The number of nitrogens with zero attached hydrogens (tertiary/aromatic N) is 3. The van der Waals surface area contributed by atoms with Gasteiger partial charge in [-0.2, -0.15) is 0 Å². The molecule has 3 aromatic rings. The summed E-state index contributed by atoms with van der Waals surface area (Å²) in [6.07, 6.45) is 0. The fourth-order valence-electron chi connectivity index (χ4n) is 2.76. The minimum absolute atomic E-state index is 0.0730. The second-order valence-electron chi connectivity index (χ2n) is 6.05. The molecule has 7 nitrogen and oxygen atoms in total. The van der Waals surface area contributed by atoms with Crippen molar-refractivity contribution >= 4 is 22.9 Å². The van der Waals surface area contributed by atoms with E-state index < -0.39 is 5.97 Å². The molecule has 2 aromatic carbocycles. The summed E-state index contributed by atoms with van der Waals surface area (Å²) in [5, 5.41) is 9.42. The molecule has 0 aliphatic heterocycles. The Labute approximate surface area is 150 Å². The summed E-state index contributed by atoms with van der Waals surface area (Å²) in [5.41, 5.74) is 1.92. The molecule has 26 heavy (non-hydrogen) atoms. The number of ether oxygens (including phenoxy) is 1. The van der Waals surface area contributed by atoms with Crippen LogP contribution in [0.3, 0.4) is 0 Å². The van der Waals surface area contributed by atoms with E-state index in [9.17, 15) is 14.7 Å². The Bertz CT molecular complexity index is 974. The normalized spacial score (nSPS) is 10.7. The van der Waals surface area contributed by atoms with Gasteiger partial charge in [0, 0.05) is 20.6 Å². The third-order valence-electron chi connectivity index (χ3n) is 4.11. The molecule has 1 amide bonds. The van der Waals surface area contributed by atoms with Crippen LogP contribution in [0.15, 0.2) is 42.5 Å². The summed E-state index contributed by atoms with van der Waals surface area (Å²) in [5.74, 6) is -0.420. The Kier molecular flexibility index (Phi) is 4.62. The van der Waals surface area contributed by atoms with E-state index in [1.807, 2.05) is 24.3 Å². The number of amides is 1. The highest BCUT2D eigenvalue weighted by atomic mass is 16.5. The van der Waals surface area contributed by atoms with Crippen molar-refractivity contribution in [1.82, 2.24) is 14.5 Å². The van der Waals surface area contributed by atoms with E-state index in [0.717, 1.165) is 11.3 Å². The number of carboxylic acids is 1. The Hall–Kier alpha value is -3.35. The standard InChI is InChI=1S/C19H19N3O4/c1-21(2)18(23)17-20-16-14(19(24)25)5-4-6-15(16)22(17)11-12-7-9-13(26-3)10-8-12/h4-10H,11H2,1-3H3,(H,24,25). The molecule has 0 aliphatic carbocycles. The zero-order valence-corrected chi connectivity index (χ0v) is 14.8. The lowest BCUT2D eigenvalue weighted by Gasteiger charge is -2.13. The van der Waals surface area contributed by atoms with E-state index in [1.165, 1.54) is 11.0 Å². The van der Waals surface area contributed by atoms with Crippen LogP contribution in [0.5, 0.6) is 5.75 Å². The highest BCUT2D eigenvalue weighted by molar-refractivity contribution is 6.03. The highest BCUT2D eigenvalue weighted by Crippen LogP contribution is 2.23. The first-order chi connectivity index (χ1) is 12.4. The molecule has 0 radical (unpaired) electrons. The molecule has 0 saturated carbocycles. The van der Waals surface area contributed by atoms with Gasteiger partial charge in [-0.3, -0.25) is 4.79 Å². The van der Waals surface area contributed by atoms with Crippen LogP contribution in [0, 0.1) is 0 Å². The first-order valence-corrected chi connectivity index (χ1v) is 7.99. The molecular weight excluding hydrogens is 334 g/mol. The number of rotatable bonds is 5. The first kappa shape index (κ1) is 17.5. The molecule has 134 valence electrons. The monoisotopic (exact) mass is 353 g/mol. The number of hydrogen-bond acceptors (Lipinski definition) is 4. The molecule has 0 unspecified atom stereocenters. The van der Waals surface area contributed by atoms with Crippen LogP contribution in [0.25, 0.3) is 11.0 Å². The van der Waals surface area contributed by atoms with Crippen LogP contribution >= 0.6 is 0 Å². The number of aromatic carboxylic acids is 1. The fourth-order valence-corrected chi connectivity index (χ4v) is 2.76. The zero-order chi connectivity index (χ0) is 18.8. The Morgan fingerprint density at radius 3 is 2.42 bits per heavy atom.